The Kier molecular flexibility index (Phi) is 5.82. The largest absolute Gasteiger partial charge is 0.497 e. The summed E-state index contributed by atoms with van der Waals surface area (Å²) in [5.41, 5.74) is 3.84. The van der Waals surface area contributed by atoms with Gasteiger partial charge in [0, 0.05) is 23.1 Å². The van der Waals surface area contributed by atoms with Crippen LogP contribution in [-0.2, 0) is 11.2 Å². The molecule has 0 aliphatic carbocycles. The van der Waals surface area contributed by atoms with E-state index in [0.717, 1.165) is 33.3 Å². The van der Waals surface area contributed by atoms with Gasteiger partial charge in [-0.05, 0) is 41.3 Å². The molecule has 2 atom stereocenters. The molecule has 5 nitrogen and oxygen atoms in total. The summed E-state index contributed by atoms with van der Waals surface area (Å²) in [7, 11) is 1.64. The molecule has 3 N–H and O–H groups in total. The van der Waals surface area contributed by atoms with Gasteiger partial charge in [-0.15, -0.1) is 0 Å². The third-order valence-electron chi connectivity index (χ3n) is 5.33. The van der Waals surface area contributed by atoms with Gasteiger partial charge >= 0.3 is 5.97 Å². The first kappa shape index (κ1) is 19.7. The predicted molar refractivity (Wildman–Crippen MR) is 118 cm³/mol. The highest BCUT2D eigenvalue weighted by Gasteiger charge is 2.26. The molecular formula is C25H24N2O3. The first-order chi connectivity index (χ1) is 14.7. The van der Waals surface area contributed by atoms with Crippen molar-refractivity contribution in [2.45, 2.75) is 18.5 Å². The van der Waals surface area contributed by atoms with E-state index in [0.29, 0.717) is 6.42 Å². The fourth-order valence-electron chi connectivity index (χ4n) is 3.80. The number of carbonyl (C=O) groups is 1. The van der Waals surface area contributed by atoms with Crippen molar-refractivity contribution in [2.24, 2.45) is 0 Å². The summed E-state index contributed by atoms with van der Waals surface area (Å²) in [5, 5.41) is 14.3. The summed E-state index contributed by atoms with van der Waals surface area (Å²) in [4.78, 5) is 15.4. The molecule has 0 aliphatic heterocycles. The van der Waals surface area contributed by atoms with Gasteiger partial charge in [0.25, 0.3) is 0 Å². The van der Waals surface area contributed by atoms with Crippen molar-refractivity contribution in [1.82, 2.24) is 10.3 Å². The molecular weight excluding hydrogens is 376 g/mol. The normalized spacial score (nSPS) is 13.1. The lowest BCUT2D eigenvalue weighted by Gasteiger charge is -2.24. The molecule has 4 rings (SSSR count). The minimum atomic E-state index is -0.906. The van der Waals surface area contributed by atoms with E-state index in [9.17, 15) is 9.90 Å². The van der Waals surface area contributed by atoms with Crippen molar-refractivity contribution >= 4 is 16.9 Å². The second kappa shape index (κ2) is 8.84. The lowest BCUT2D eigenvalue weighted by Crippen LogP contribution is -2.33. The third-order valence-corrected chi connectivity index (χ3v) is 5.33. The number of carboxylic acids is 1. The van der Waals surface area contributed by atoms with Crippen LogP contribution < -0.4 is 10.1 Å². The number of nitrogens with one attached hydrogen (secondary N) is 2. The molecule has 1 unspecified atom stereocenters. The van der Waals surface area contributed by atoms with E-state index >= 15 is 0 Å². The SMILES string of the molecule is COc1ccc2[nH]cc(C(Cc3ccccc3)N[C@H](C(=O)O)c3ccccc3)c2c1. The van der Waals surface area contributed by atoms with Gasteiger partial charge in [-0.2, -0.15) is 0 Å². The molecule has 0 spiro atoms. The summed E-state index contributed by atoms with van der Waals surface area (Å²) in [5.74, 6) is -0.142. The molecule has 0 fully saturated rings. The zero-order valence-corrected chi connectivity index (χ0v) is 16.7. The van der Waals surface area contributed by atoms with Gasteiger partial charge < -0.3 is 14.8 Å². The van der Waals surface area contributed by atoms with Gasteiger partial charge in [0.15, 0.2) is 0 Å². The Morgan fingerprint density at radius 3 is 2.40 bits per heavy atom. The smallest absolute Gasteiger partial charge is 0.325 e. The number of carboxylic acid groups (broad SMARTS) is 1. The zero-order chi connectivity index (χ0) is 20.9. The molecule has 0 saturated heterocycles. The molecule has 4 aromatic rings. The Morgan fingerprint density at radius 1 is 1.03 bits per heavy atom. The van der Waals surface area contributed by atoms with Gasteiger partial charge in [0.1, 0.15) is 11.8 Å². The van der Waals surface area contributed by atoms with Crippen LogP contribution in [0.2, 0.25) is 0 Å². The van der Waals surface area contributed by atoms with Crippen LogP contribution in [0.3, 0.4) is 0 Å². The average Bonchev–Trinajstić information content (AvgIpc) is 3.20. The van der Waals surface area contributed by atoms with Gasteiger partial charge in [-0.1, -0.05) is 60.7 Å². The molecule has 3 aromatic carbocycles. The highest BCUT2D eigenvalue weighted by molar-refractivity contribution is 5.85. The lowest BCUT2D eigenvalue weighted by molar-refractivity contribution is -0.139. The maximum Gasteiger partial charge on any atom is 0.325 e. The summed E-state index contributed by atoms with van der Waals surface area (Å²) in [6.45, 7) is 0. The number of ether oxygens (including phenoxy) is 1. The van der Waals surface area contributed by atoms with E-state index in [4.69, 9.17) is 4.74 Å². The summed E-state index contributed by atoms with van der Waals surface area (Å²) in [6.07, 6.45) is 2.61. The van der Waals surface area contributed by atoms with Crippen LogP contribution >= 0.6 is 0 Å². The van der Waals surface area contributed by atoms with Crippen molar-refractivity contribution in [3.63, 3.8) is 0 Å². The van der Waals surface area contributed by atoms with Gasteiger partial charge in [-0.25, -0.2) is 0 Å². The molecule has 152 valence electrons. The molecule has 0 aliphatic rings. The van der Waals surface area contributed by atoms with Crippen LogP contribution in [-0.4, -0.2) is 23.2 Å². The Bertz CT molecular complexity index is 1120. The van der Waals surface area contributed by atoms with E-state index in [1.165, 1.54) is 0 Å². The second-order valence-corrected chi connectivity index (χ2v) is 7.25. The van der Waals surface area contributed by atoms with Gasteiger partial charge in [0.2, 0.25) is 0 Å². The van der Waals surface area contributed by atoms with E-state index in [1.807, 2.05) is 72.9 Å². The van der Waals surface area contributed by atoms with Gasteiger partial charge in [-0.3, -0.25) is 10.1 Å². The summed E-state index contributed by atoms with van der Waals surface area (Å²) < 4.78 is 5.40. The average molecular weight is 400 g/mol. The molecule has 1 aromatic heterocycles. The monoisotopic (exact) mass is 400 g/mol. The zero-order valence-electron chi connectivity index (χ0n) is 16.7. The Balaban J connectivity index is 1.76. The Labute approximate surface area is 175 Å². The maximum absolute atomic E-state index is 12.1. The molecule has 1 heterocycles. The highest BCUT2D eigenvalue weighted by Crippen LogP contribution is 2.31. The second-order valence-electron chi connectivity index (χ2n) is 7.25. The Hall–Kier alpha value is -3.57. The minimum absolute atomic E-state index is 0.213. The molecule has 0 radical (unpaired) electrons. The van der Waals surface area contributed by atoms with Crippen LogP contribution in [0.1, 0.15) is 28.8 Å². The molecule has 0 saturated carbocycles. The van der Waals surface area contributed by atoms with Gasteiger partial charge in [0.05, 0.1) is 7.11 Å². The summed E-state index contributed by atoms with van der Waals surface area (Å²) in [6, 6.07) is 24.2. The quantitative estimate of drug-likeness (QED) is 0.394. The predicted octanol–water partition coefficient (Wildman–Crippen LogP) is 4.88. The lowest BCUT2D eigenvalue weighted by atomic mass is 9.96. The van der Waals surface area contributed by atoms with Crippen molar-refractivity contribution < 1.29 is 14.6 Å². The number of hydrogen-bond donors (Lipinski definition) is 3. The third kappa shape index (κ3) is 4.21. The number of aromatic amines is 1. The number of benzene rings is 3. The van der Waals surface area contributed by atoms with E-state index in [2.05, 4.69) is 22.4 Å². The van der Waals surface area contributed by atoms with Crippen molar-refractivity contribution in [3.05, 3.63) is 102 Å². The van der Waals surface area contributed by atoms with Crippen LogP contribution in [0, 0.1) is 0 Å². The standard InChI is InChI=1S/C25H24N2O3/c1-30-19-12-13-22-20(15-19)21(16-26-22)23(14-17-8-4-2-5-9-17)27-24(25(28)29)18-10-6-3-7-11-18/h2-13,15-16,23-24,26-27H,14H2,1H3,(H,28,29)/t23?,24-/m0/s1. The van der Waals surface area contributed by atoms with Crippen molar-refractivity contribution in [1.29, 1.82) is 0 Å². The van der Waals surface area contributed by atoms with E-state index in [1.54, 1.807) is 7.11 Å². The fraction of sp³-hybridized carbons (Fsp3) is 0.160. The van der Waals surface area contributed by atoms with Crippen LogP contribution in [0.15, 0.2) is 85.1 Å². The number of fused-ring (bicyclic) bond motifs is 1. The topological polar surface area (TPSA) is 74.3 Å². The molecule has 30 heavy (non-hydrogen) atoms. The van der Waals surface area contributed by atoms with Crippen molar-refractivity contribution in [2.75, 3.05) is 7.11 Å². The van der Waals surface area contributed by atoms with Crippen LogP contribution in [0.25, 0.3) is 10.9 Å². The number of aliphatic carboxylic acids is 1. The summed E-state index contributed by atoms with van der Waals surface area (Å²) >= 11 is 0. The number of aromatic nitrogens is 1. The number of H-pyrrole nitrogens is 1. The van der Waals surface area contributed by atoms with Crippen LogP contribution in [0.4, 0.5) is 0 Å². The molecule has 5 heteroatoms. The van der Waals surface area contributed by atoms with E-state index in [-0.39, 0.29) is 6.04 Å². The van der Waals surface area contributed by atoms with Crippen LogP contribution in [0.5, 0.6) is 5.75 Å². The van der Waals surface area contributed by atoms with Crippen molar-refractivity contribution in [3.8, 4) is 5.75 Å². The Morgan fingerprint density at radius 2 is 1.73 bits per heavy atom. The number of hydrogen-bond acceptors (Lipinski definition) is 3. The highest BCUT2D eigenvalue weighted by atomic mass is 16.5. The molecule has 0 bridgehead atoms. The number of rotatable bonds is 8. The minimum Gasteiger partial charge on any atom is -0.497 e. The number of methoxy groups -OCH3 is 1. The first-order valence-electron chi connectivity index (χ1n) is 9.88. The van der Waals surface area contributed by atoms with E-state index < -0.39 is 12.0 Å². The molecule has 0 amide bonds. The fourth-order valence-corrected chi connectivity index (χ4v) is 3.80. The maximum atomic E-state index is 12.1. The first-order valence-corrected chi connectivity index (χ1v) is 9.88.